The Balaban J connectivity index is 1.15. The van der Waals surface area contributed by atoms with Gasteiger partial charge in [0, 0.05) is 52.8 Å². The first-order valence-electron chi connectivity index (χ1n) is 16.9. The predicted octanol–water partition coefficient (Wildman–Crippen LogP) is 12.7. The Bertz CT molecular complexity index is 3160. The van der Waals surface area contributed by atoms with Crippen molar-refractivity contribution < 1.29 is 8.83 Å². The Labute approximate surface area is 295 Å². The van der Waals surface area contributed by atoms with Gasteiger partial charge >= 0.3 is 0 Å². The van der Waals surface area contributed by atoms with Gasteiger partial charge in [0.2, 0.25) is 0 Å². The summed E-state index contributed by atoms with van der Waals surface area (Å²) in [6.45, 7) is 0. The SMILES string of the molecule is c1ccc(-c2nc(-c3cccc4c3oc3ccccc34)nc(-c3cccc4oc5ccc(-c6cccc7c6sc6ccccc67)cc5c34)n2)cc1. The minimum Gasteiger partial charge on any atom is -0.456 e. The second-order valence-corrected chi connectivity index (χ2v) is 13.8. The van der Waals surface area contributed by atoms with Crippen molar-refractivity contribution >= 4 is 75.4 Å². The molecular weight excluding hydrogens is 647 g/mol. The maximum absolute atomic E-state index is 6.48. The average molecular weight is 672 g/mol. The number of aromatic nitrogens is 3. The second-order valence-electron chi connectivity index (χ2n) is 12.7. The van der Waals surface area contributed by atoms with Crippen LogP contribution in [-0.4, -0.2) is 15.0 Å². The molecule has 51 heavy (non-hydrogen) atoms. The number of hydrogen-bond donors (Lipinski definition) is 0. The quantitative estimate of drug-likeness (QED) is 0.186. The van der Waals surface area contributed by atoms with Crippen LogP contribution in [0.2, 0.25) is 0 Å². The molecule has 0 bridgehead atoms. The van der Waals surface area contributed by atoms with Gasteiger partial charge in [-0.15, -0.1) is 11.3 Å². The second kappa shape index (κ2) is 10.9. The molecule has 4 aromatic heterocycles. The molecule has 0 aliphatic heterocycles. The van der Waals surface area contributed by atoms with Crippen molar-refractivity contribution in [3.63, 3.8) is 0 Å². The van der Waals surface area contributed by atoms with Crippen molar-refractivity contribution in [1.29, 1.82) is 0 Å². The molecule has 0 amide bonds. The minimum absolute atomic E-state index is 0.547. The number of nitrogens with zero attached hydrogens (tertiary/aromatic N) is 3. The highest BCUT2D eigenvalue weighted by atomic mass is 32.1. The van der Waals surface area contributed by atoms with Crippen LogP contribution in [0.5, 0.6) is 0 Å². The van der Waals surface area contributed by atoms with Gasteiger partial charge in [0.25, 0.3) is 0 Å². The molecule has 0 atom stereocenters. The molecule has 0 aliphatic rings. The van der Waals surface area contributed by atoms with Crippen LogP contribution in [0.1, 0.15) is 0 Å². The van der Waals surface area contributed by atoms with E-state index in [9.17, 15) is 0 Å². The summed E-state index contributed by atoms with van der Waals surface area (Å²) in [5, 5.41) is 6.63. The molecule has 0 saturated carbocycles. The minimum atomic E-state index is 0.547. The van der Waals surface area contributed by atoms with Gasteiger partial charge in [-0.2, -0.15) is 0 Å². The molecule has 7 aromatic carbocycles. The Morgan fingerprint density at radius 3 is 1.94 bits per heavy atom. The highest BCUT2D eigenvalue weighted by Crippen LogP contribution is 2.43. The van der Waals surface area contributed by atoms with Crippen LogP contribution in [0.15, 0.2) is 160 Å². The van der Waals surface area contributed by atoms with Gasteiger partial charge in [0.05, 0.1) is 5.56 Å². The number of para-hydroxylation sites is 2. The van der Waals surface area contributed by atoms with E-state index >= 15 is 0 Å². The van der Waals surface area contributed by atoms with Crippen molar-refractivity contribution in [2.24, 2.45) is 0 Å². The number of thiophene rings is 1. The van der Waals surface area contributed by atoms with Gasteiger partial charge < -0.3 is 8.83 Å². The molecule has 0 unspecified atom stereocenters. The largest absolute Gasteiger partial charge is 0.456 e. The van der Waals surface area contributed by atoms with Gasteiger partial charge in [-0.05, 0) is 47.5 Å². The summed E-state index contributed by atoms with van der Waals surface area (Å²) >= 11 is 1.84. The van der Waals surface area contributed by atoms with E-state index in [0.717, 1.165) is 66.1 Å². The Morgan fingerprint density at radius 1 is 0.392 bits per heavy atom. The first-order chi connectivity index (χ1) is 25.3. The van der Waals surface area contributed by atoms with E-state index in [4.69, 9.17) is 23.8 Å². The predicted molar refractivity (Wildman–Crippen MR) is 209 cm³/mol. The topological polar surface area (TPSA) is 65.0 Å². The first-order valence-corrected chi connectivity index (χ1v) is 17.7. The summed E-state index contributed by atoms with van der Waals surface area (Å²) in [6.07, 6.45) is 0. The average Bonchev–Trinajstić information content (AvgIpc) is 3.89. The molecule has 0 saturated heterocycles. The highest BCUT2D eigenvalue weighted by molar-refractivity contribution is 7.26. The summed E-state index contributed by atoms with van der Waals surface area (Å²) in [7, 11) is 0. The van der Waals surface area contributed by atoms with Gasteiger partial charge in [0.15, 0.2) is 17.5 Å². The standard InChI is InChI=1S/C45H25N3O2S/c1-2-11-26(12-3-1)43-46-44(48-45(47-43)34-19-9-16-31-29-13-4-6-20-36(29)50-41(31)34)33-18-10-21-38-40(33)35-25-27(23-24-37(35)49-38)28-15-8-17-32-30-14-5-7-22-39(30)51-42(28)32/h1-25H. The lowest BCUT2D eigenvalue weighted by Gasteiger charge is -2.10. The van der Waals surface area contributed by atoms with Gasteiger partial charge in [-0.1, -0.05) is 115 Å². The number of benzene rings is 7. The Hall–Kier alpha value is -6.63. The molecule has 238 valence electrons. The van der Waals surface area contributed by atoms with Crippen LogP contribution in [-0.2, 0) is 0 Å². The van der Waals surface area contributed by atoms with E-state index in [1.165, 1.54) is 25.7 Å². The van der Waals surface area contributed by atoms with Crippen molar-refractivity contribution in [3.05, 3.63) is 152 Å². The molecule has 0 fully saturated rings. The zero-order valence-electron chi connectivity index (χ0n) is 27.0. The lowest BCUT2D eigenvalue weighted by atomic mass is 9.99. The molecule has 0 radical (unpaired) electrons. The van der Waals surface area contributed by atoms with E-state index in [2.05, 4.69) is 78.9 Å². The van der Waals surface area contributed by atoms with E-state index in [-0.39, 0.29) is 0 Å². The van der Waals surface area contributed by atoms with Crippen LogP contribution < -0.4 is 0 Å². The number of furan rings is 2. The highest BCUT2D eigenvalue weighted by Gasteiger charge is 2.21. The third-order valence-electron chi connectivity index (χ3n) is 9.76. The zero-order valence-corrected chi connectivity index (χ0v) is 27.8. The maximum Gasteiger partial charge on any atom is 0.167 e. The van der Waals surface area contributed by atoms with Crippen molar-refractivity contribution in [1.82, 2.24) is 15.0 Å². The van der Waals surface area contributed by atoms with Crippen LogP contribution in [0.3, 0.4) is 0 Å². The summed E-state index contributed by atoms with van der Waals surface area (Å²) in [4.78, 5) is 15.3. The third-order valence-corrected chi connectivity index (χ3v) is 11.0. The molecule has 11 aromatic rings. The molecule has 0 spiro atoms. The van der Waals surface area contributed by atoms with E-state index < -0.39 is 0 Å². The lowest BCUT2D eigenvalue weighted by Crippen LogP contribution is -2.00. The normalized spacial score (nSPS) is 11.9. The monoisotopic (exact) mass is 671 g/mol. The number of fused-ring (bicyclic) bond motifs is 9. The van der Waals surface area contributed by atoms with Crippen molar-refractivity contribution in [2.45, 2.75) is 0 Å². The van der Waals surface area contributed by atoms with E-state index in [0.29, 0.717) is 17.5 Å². The zero-order chi connectivity index (χ0) is 33.5. The van der Waals surface area contributed by atoms with Crippen LogP contribution in [0, 0.1) is 0 Å². The maximum atomic E-state index is 6.48. The fraction of sp³-hybridized carbons (Fsp3) is 0. The van der Waals surface area contributed by atoms with Gasteiger partial charge in [0.1, 0.15) is 22.3 Å². The van der Waals surface area contributed by atoms with Crippen LogP contribution in [0.25, 0.3) is 109 Å². The van der Waals surface area contributed by atoms with Crippen LogP contribution in [0.4, 0.5) is 0 Å². The molecule has 0 N–H and O–H groups in total. The summed E-state index contributed by atoms with van der Waals surface area (Å²) in [5.74, 6) is 1.70. The molecule has 11 rings (SSSR count). The Morgan fingerprint density at radius 2 is 1.04 bits per heavy atom. The molecular formula is C45H25N3O2S. The molecule has 4 heterocycles. The lowest BCUT2D eigenvalue weighted by molar-refractivity contribution is 0.668. The van der Waals surface area contributed by atoms with E-state index in [1.807, 2.05) is 84.1 Å². The van der Waals surface area contributed by atoms with Gasteiger partial charge in [-0.3, -0.25) is 0 Å². The molecule has 6 heteroatoms. The third kappa shape index (κ3) is 4.37. The van der Waals surface area contributed by atoms with Gasteiger partial charge in [-0.25, -0.2) is 15.0 Å². The van der Waals surface area contributed by atoms with Crippen LogP contribution >= 0.6 is 11.3 Å². The summed E-state index contributed by atoms with van der Waals surface area (Å²) in [5.41, 5.74) is 8.11. The Kier molecular flexibility index (Phi) is 6.05. The van der Waals surface area contributed by atoms with E-state index in [1.54, 1.807) is 0 Å². The summed E-state index contributed by atoms with van der Waals surface area (Å²) < 4.78 is 15.5. The number of hydrogen-bond acceptors (Lipinski definition) is 6. The fourth-order valence-corrected chi connectivity index (χ4v) is 8.65. The molecule has 0 aliphatic carbocycles. The first kappa shape index (κ1) is 28.2. The fourth-order valence-electron chi connectivity index (χ4n) is 7.41. The van der Waals surface area contributed by atoms with Crippen molar-refractivity contribution in [2.75, 3.05) is 0 Å². The summed E-state index contributed by atoms with van der Waals surface area (Å²) in [6, 6.07) is 52.1. The number of rotatable bonds is 4. The smallest absolute Gasteiger partial charge is 0.167 e. The van der Waals surface area contributed by atoms with Crippen molar-refractivity contribution in [3.8, 4) is 45.3 Å². The molecule has 5 nitrogen and oxygen atoms in total.